The molecule has 2 aromatic rings. The number of aromatic carboxylic acids is 1. The van der Waals surface area contributed by atoms with E-state index < -0.39 is 5.97 Å². The van der Waals surface area contributed by atoms with E-state index in [1.54, 1.807) is 12.1 Å². The van der Waals surface area contributed by atoms with E-state index in [9.17, 15) is 9.59 Å². The van der Waals surface area contributed by atoms with Gasteiger partial charge in [-0.1, -0.05) is 45.0 Å². The Morgan fingerprint density at radius 2 is 1.75 bits per heavy atom. The van der Waals surface area contributed by atoms with Crippen LogP contribution in [0.15, 0.2) is 42.5 Å². The summed E-state index contributed by atoms with van der Waals surface area (Å²) in [6.45, 7) is 6.44. The quantitative estimate of drug-likeness (QED) is 0.816. The van der Waals surface area contributed by atoms with Crippen LogP contribution in [0.5, 0.6) is 0 Å². The van der Waals surface area contributed by atoms with Crippen LogP contribution >= 0.6 is 0 Å². The van der Waals surface area contributed by atoms with E-state index in [-0.39, 0.29) is 16.9 Å². The largest absolute Gasteiger partial charge is 0.478 e. The Labute approximate surface area is 140 Å². The molecule has 1 amide bonds. The molecule has 0 saturated heterocycles. The van der Waals surface area contributed by atoms with Crippen LogP contribution in [0, 0.1) is 0 Å². The Bertz CT molecular complexity index is 855. The number of anilines is 1. The highest BCUT2D eigenvalue weighted by atomic mass is 16.4. The molecular weight excluding hydrogens is 302 g/mol. The fraction of sp³-hybridized carbons (Fsp3) is 0.200. The highest BCUT2D eigenvalue weighted by Crippen LogP contribution is 2.34. The van der Waals surface area contributed by atoms with Crippen LogP contribution in [0.25, 0.3) is 11.6 Å². The second kappa shape index (κ2) is 5.64. The van der Waals surface area contributed by atoms with Gasteiger partial charge in [0.2, 0.25) is 0 Å². The number of hydrogen-bond donors (Lipinski definition) is 2. The lowest BCUT2D eigenvalue weighted by Gasteiger charge is -2.18. The lowest BCUT2D eigenvalue weighted by molar-refractivity contribution is -0.110. The molecule has 0 spiro atoms. The van der Waals surface area contributed by atoms with Crippen LogP contribution in [0.4, 0.5) is 5.69 Å². The Morgan fingerprint density at radius 3 is 2.33 bits per heavy atom. The number of carboxylic acid groups (broad SMARTS) is 1. The van der Waals surface area contributed by atoms with Gasteiger partial charge in [-0.05, 0) is 40.8 Å². The maximum absolute atomic E-state index is 12.2. The monoisotopic (exact) mass is 321 g/mol. The Morgan fingerprint density at radius 1 is 1.08 bits per heavy atom. The van der Waals surface area contributed by atoms with Gasteiger partial charge in [0.05, 0.1) is 5.56 Å². The van der Waals surface area contributed by atoms with Crippen molar-refractivity contribution in [1.29, 1.82) is 0 Å². The van der Waals surface area contributed by atoms with Gasteiger partial charge in [-0.25, -0.2) is 4.79 Å². The van der Waals surface area contributed by atoms with Crippen molar-refractivity contribution >= 4 is 29.2 Å². The van der Waals surface area contributed by atoms with E-state index in [1.165, 1.54) is 17.7 Å². The summed E-state index contributed by atoms with van der Waals surface area (Å²) >= 11 is 0. The highest BCUT2D eigenvalue weighted by Gasteiger charge is 2.25. The second-order valence-electron chi connectivity index (χ2n) is 6.95. The van der Waals surface area contributed by atoms with Crippen molar-refractivity contribution in [2.75, 3.05) is 5.32 Å². The van der Waals surface area contributed by atoms with Gasteiger partial charge in [0.1, 0.15) is 0 Å². The maximum Gasteiger partial charge on any atom is 0.335 e. The molecule has 2 N–H and O–H groups in total. The third-order valence-electron chi connectivity index (χ3n) is 4.14. The number of carbonyl (C=O) groups is 2. The summed E-state index contributed by atoms with van der Waals surface area (Å²) < 4.78 is 0. The molecule has 1 aliphatic heterocycles. The van der Waals surface area contributed by atoms with Gasteiger partial charge in [-0.15, -0.1) is 0 Å². The minimum Gasteiger partial charge on any atom is -0.478 e. The van der Waals surface area contributed by atoms with Crippen molar-refractivity contribution in [2.24, 2.45) is 0 Å². The fourth-order valence-corrected chi connectivity index (χ4v) is 2.71. The molecule has 4 heteroatoms. The molecule has 0 bridgehead atoms. The molecule has 2 aromatic carbocycles. The van der Waals surface area contributed by atoms with Crippen molar-refractivity contribution in [3.8, 4) is 0 Å². The van der Waals surface area contributed by atoms with Gasteiger partial charge in [0.25, 0.3) is 5.91 Å². The molecule has 0 radical (unpaired) electrons. The summed E-state index contributed by atoms with van der Waals surface area (Å²) in [5.41, 5.74) is 4.10. The third-order valence-corrected chi connectivity index (χ3v) is 4.14. The topological polar surface area (TPSA) is 66.4 Å². The second-order valence-corrected chi connectivity index (χ2v) is 6.95. The van der Waals surface area contributed by atoms with Gasteiger partial charge in [-0.2, -0.15) is 0 Å². The van der Waals surface area contributed by atoms with E-state index in [2.05, 4.69) is 26.1 Å². The lowest BCUT2D eigenvalue weighted by atomic mass is 9.86. The standard InChI is InChI=1S/C20H19NO3/c1-20(2,3)14-7-4-12(5-8-14)10-16-15-11-13(19(23)24)6-9-17(15)21-18(16)22/h4-11H,1-3H3,(H,21,22)(H,23,24)/b16-10+. The number of amides is 1. The first-order valence-corrected chi connectivity index (χ1v) is 7.77. The molecule has 122 valence electrons. The smallest absolute Gasteiger partial charge is 0.335 e. The van der Waals surface area contributed by atoms with Crippen LogP contribution in [0.3, 0.4) is 0 Å². The molecule has 1 aliphatic rings. The van der Waals surface area contributed by atoms with E-state index in [0.717, 1.165) is 5.56 Å². The summed E-state index contributed by atoms with van der Waals surface area (Å²) in [7, 11) is 0. The minimum atomic E-state index is -1.01. The number of nitrogens with one attached hydrogen (secondary N) is 1. The van der Waals surface area contributed by atoms with Crippen LogP contribution in [0.2, 0.25) is 0 Å². The van der Waals surface area contributed by atoms with Crippen molar-refractivity contribution in [1.82, 2.24) is 0 Å². The third kappa shape index (κ3) is 2.95. The first-order valence-electron chi connectivity index (χ1n) is 7.77. The number of hydrogen-bond acceptors (Lipinski definition) is 2. The molecular formula is C20H19NO3. The van der Waals surface area contributed by atoms with Crippen LogP contribution < -0.4 is 5.32 Å². The SMILES string of the molecule is CC(C)(C)c1ccc(/C=C2/C(=O)Nc3ccc(C(=O)O)cc32)cc1. The zero-order valence-electron chi connectivity index (χ0n) is 13.9. The number of rotatable bonds is 2. The Hall–Kier alpha value is -2.88. The first kappa shape index (κ1) is 16.0. The molecule has 3 rings (SSSR count). The van der Waals surface area contributed by atoms with Gasteiger partial charge in [0.15, 0.2) is 0 Å². The number of fused-ring (bicyclic) bond motifs is 1. The average Bonchev–Trinajstić information content (AvgIpc) is 2.82. The molecule has 0 aromatic heterocycles. The van der Waals surface area contributed by atoms with E-state index >= 15 is 0 Å². The minimum absolute atomic E-state index is 0.0688. The van der Waals surface area contributed by atoms with Crippen molar-refractivity contribution in [3.05, 3.63) is 64.7 Å². The number of benzene rings is 2. The predicted molar refractivity (Wildman–Crippen MR) is 95.0 cm³/mol. The first-order chi connectivity index (χ1) is 11.3. The predicted octanol–water partition coefficient (Wildman–Crippen LogP) is 4.18. The summed E-state index contributed by atoms with van der Waals surface area (Å²) in [5.74, 6) is -1.22. The van der Waals surface area contributed by atoms with Crippen LogP contribution in [-0.2, 0) is 10.2 Å². The van der Waals surface area contributed by atoms with E-state index in [4.69, 9.17) is 5.11 Å². The van der Waals surface area contributed by atoms with Gasteiger partial charge in [-0.3, -0.25) is 4.79 Å². The highest BCUT2D eigenvalue weighted by molar-refractivity contribution is 6.35. The van der Waals surface area contributed by atoms with Gasteiger partial charge in [0, 0.05) is 16.8 Å². The van der Waals surface area contributed by atoms with Crippen molar-refractivity contribution < 1.29 is 14.7 Å². The molecule has 1 heterocycles. The molecule has 0 atom stereocenters. The molecule has 24 heavy (non-hydrogen) atoms. The van der Waals surface area contributed by atoms with Crippen molar-refractivity contribution in [2.45, 2.75) is 26.2 Å². The summed E-state index contributed by atoms with van der Waals surface area (Å²) in [6.07, 6.45) is 1.79. The maximum atomic E-state index is 12.2. The Balaban J connectivity index is 2.01. The summed E-state index contributed by atoms with van der Waals surface area (Å²) in [4.78, 5) is 23.4. The van der Waals surface area contributed by atoms with Crippen molar-refractivity contribution in [3.63, 3.8) is 0 Å². The molecule has 0 aliphatic carbocycles. The average molecular weight is 321 g/mol. The lowest BCUT2D eigenvalue weighted by Crippen LogP contribution is -2.10. The van der Waals surface area contributed by atoms with E-state index in [1.807, 2.05) is 24.3 Å². The van der Waals surface area contributed by atoms with Gasteiger partial charge >= 0.3 is 5.97 Å². The van der Waals surface area contributed by atoms with Crippen LogP contribution in [-0.4, -0.2) is 17.0 Å². The van der Waals surface area contributed by atoms with Gasteiger partial charge < -0.3 is 10.4 Å². The zero-order valence-corrected chi connectivity index (χ0v) is 13.9. The number of carbonyl (C=O) groups excluding carboxylic acids is 1. The molecule has 0 saturated carbocycles. The molecule has 4 nitrogen and oxygen atoms in total. The van der Waals surface area contributed by atoms with Crippen LogP contribution in [0.1, 0.15) is 47.8 Å². The summed E-state index contributed by atoms with van der Waals surface area (Å²) in [5, 5.41) is 11.9. The van der Waals surface area contributed by atoms with E-state index in [0.29, 0.717) is 16.8 Å². The zero-order chi connectivity index (χ0) is 17.5. The Kier molecular flexibility index (Phi) is 3.76. The fourth-order valence-electron chi connectivity index (χ4n) is 2.71. The molecule has 0 fully saturated rings. The normalized spacial score (nSPS) is 15.3. The molecule has 0 unspecified atom stereocenters. The summed E-state index contributed by atoms with van der Waals surface area (Å²) in [6, 6.07) is 12.7. The number of carboxylic acids is 1.